The van der Waals surface area contributed by atoms with Crippen LogP contribution in [0.2, 0.25) is 0 Å². The highest BCUT2D eigenvalue weighted by atomic mass is 16.6. The zero-order chi connectivity index (χ0) is 21.6. The standard InChI is InChI=1S/C21H33N3O4/c1-13(2)23-19(26)18(16-10-9-14(3)11-15(16)4)24(8)17(25)12-22-20(27)28-21(5,6)7/h9-11,13,18H,12H2,1-8H3,(H,22,27)(H,23,26). The minimum atomic E-state index is -0.795. The molecule has 0 aliphatic rings. The van der Waals surface area contributed by atoms with Gasteiger partial charge in [0.2, 0.25) is 11.8 Å². The van der Waals surface area contributed by atoms with Crippen LogP contribution in [-0.2, 0) is 14.3 Å². The van der Waals surface area contributed by atoms with E-state index in [1.807, 2.05) is 45.9 Å². The van der Waals surface area contributed by atoms with Crippen LogP contribution in [0, 0.1) is 13.8 Å². The van der Waals surface area contributed by atoms with Crippen LogP contribution in [0.25, 0.3) is 0 Å². The second-order valence-corrected chi connectivity index (χ2v) is 8.29. The van der Waals surface area contributed by atoms with Crippen molar-refractivity contribution in [1.82, 2.24) is 15.5 Å². The lowest BCUT2D eigenvalue weighted by Gasteiger charge is -2.30. The Kier molecular flexibility index (Phi) is 8.02. The van der Waals surface area contributed by atoms with Crippen LogP contribution in [0.4, 0.5) is 4.79 Å². The summed E-state index contributed by atoms with van der Waals surface area (Å²) in [6.07, 6.45) is -0.677. The van der Waals surface area contributed by atoms with Gasteiger partial charge in [0.15, 0.2) is 0 Å². The van der Waals surface area contributed by atoms with Crippen LogP contribution in [-0.4, -0.2) is 48.0 Å². The second kappa shape index (κ2) is 9.57. The second-order valence-electron chi connectivity index (χ2n) is 8.29. The molecule has 0 spiro atoms. The van der Waals surface area contributed by atoms with Crippen molar-refractivity contribution in [2.24, 2.45) is 0 Å². The molecule has 2 N–H and O–H groups in total. The third-order valence-electron chi connectivity index (χ3n) is 3.96. The molecule has 0 saturated carbocycles. The number of aryl methyl sites for hydroxylation is 2. The van der Waals surface area contributed by atoms with E-state index in [4.69, 9.17) is 4.74 Å². The summed E-state index contributed by atoms with van der Waals surface area (Å²) < 4.78 is 5.15. The minimum Gasteiger partial charge on any atom is -0.444 e. The molecule has 0 radical (unpaired) electrons. The highest BCUT2D eigenvalue weighted by Crippen LogP contribution is 2.24. The summed E-state index contributed by atoms with van der Waals surface area (Å²) in [5.74, 6) is -0.662. The molecule has 7 nitrogen and oxygen atoms in total. The Hall–Kier alpha value is -2.57. The van der Waals surface area contributed by atoms with Crippen molar-refractivity contribution < 1.29 is 19.1 Å². The Balaban J connectivity index is 3.01. The molecule has 1 aromatic rings. The third kappa shape index (κ3) is 7.21. The van der Waals surface area contributed by atoms with Crippen LogP contribution in [0.3, 0.4) is 0 Å². The number of rotatable bonds is 6. The zero-order valence-corrected chi connectivity index (χ0v) is 18.2. The molecule has 0 saturated heterocycles. The number of amides is 3. The lowest BCUT2D eigenvalue weighted by Crippen LogP contribution is -2.47. The van der Waals surface area contributed by atoms with E-state index in [2.05, 4.69) is 10.6 Å². The summed E-state index contributed by atoms with van der Waals surface area (Å²) in [4.78, 5) is 38.7. The molecule has 0 heterocycles. The summed E-state index contributed by atoms with van der Waals surface area (Å²) >= 11 is 0. The Labute approximate surface area is 167 Å². The van der Waals surface area contributed by atoms with Crippen molar-refractivity contribution in [2.45, 2.75) is 66.2 Å². The molecular formula is C21H33N3O4. The van der Waals surface area contributed by atoms with Crippen molar-refractivity contribution in [3.05, 3.63) is 34.9 Å². The lowest BCUT2D eigenvalue weighted by atomic mass is 9.97. The normalized spacial score (nSPS) is 12.3. The van der Waals surface area contributed by atoms with E-state index in [1.54, 1.807) is 27.8 Å². The van der Waals surface area contributed by atoms with E-state index in [1.165, 1.54) is 4.90 Å². The molecule has 0 aliphatic carbocycles. The first-order valence-electron chi connectivity index (χ1n) is 9.42. The molecule has 0 fully saturated rings. The summed E-state index contributed by atoms with van der Waals surface area (Å²) in [5.41, 5.74) is 2.09. The molecule has 0 bridgehead atoms. The van der Waals surface area contributed by atoms with Crippen LogP contribution in [0.5, 0.6) is 0 Å². The zero-order valence-electron chi connectivity index (χ0n) is 18.2. The number of likely N-dealkylation sites (N-methyl/N-ethyl adjacent to an activating group) is 1. The monoisotopic (exact) mass is 391 g/mol. The number of carbonyl (C=O) groups is 3. The average Bonchev–Trinajstić information content (AvgIpc) is 2.52. The summed E-state index contributed by atoms with van der Waals surface area (Å²) in [5, 5.41) is 5.32. The minimum absolute atomic E-state index is 0.0656. The van der Waals surface area contributed by atoms with E-state index in [0.29, 0.717) is 0 Å². The van der Waals surface area contributed by atoms with Gasteiger partial charge in [0.05, 0.1) is 0 Å². The molecule has 1 rings (SSSR count). The number of alkyl carbamates (subject to hydrolysis) is 1. The number of nitrogens with zero attached hydrogens (tertiary/aromatic N) is 1. The van der Waals surface area contributed by atoms with Gasteiger partial charge in [-0.2, -0.15) is 0 Å². The fourth-order valence-electron chi connectivity index (χ4n) is 2.75. The molecule has 1 unspecified atom stereocenters. The molecular weight excluding hydrogens is 358 g/mol. The van der Waals surface area contributed by atoms with Gasteiger partial charge in [-0.3, -0.25) is 9.59 Å². The summed E-state index contributed by atoms with van der Waals surface area (Å²) in [6.45, 7) is 12.6. The van der Waals surface area contributed by atoms with Crippen molar-refractivity contribution >= 4 is 17.9 Å². The number of hydrogen-bond donors (Lipinski definition) is 2. The maximum Gasteiger partial charge on any atom is 0.408 e. The summed E-state index contributed by atoms with van der Waals surface area (Å²) in [6, 6.07) is 4.89. The molecule has 1 atom stereocenters. The molecule has 0 aliphatic heterocycles. The maximum atomic E-state index is 12.8. The molecule has 7 heteroatoms. The Bertz CT molecular complexity index is 723. The SMILES string of the molecule is Cc1ccc(C(C(=O)NC(C)C)N(C)C(=O)CNC(=O)OC(C)(C)C)c(C)c1. The number of nitrogens with one attached hydrogen (secondary N) is 2. The average molecular weight is 392 g/mol. The topological polar surface area (TPSA) is 87.7 Å². The number of hydrogen-bond acceptors (Lipinski definition) is 4. The van der Waals surface area contributed by atoms with Crippen molar-refractivity contribution in [2.75, 3.05) is 13.6 Å². The Morgan fingerprint density at radius 3 is 2.25 bits per heavy atom. The summed E-state index contributed by atoms with van der Waals surface area (Å²) in [7, 11) is 1.56. The van der Waals surface area contributed by atoms with Gasteiger partial charge in [-0.25, -0.2) is 4.79 Å². The van der Waals surface area contributed by atoms with E-state index >= 15 is 0 Å². The van der Waals surface area contributed by atoms with E-state index in [0.717, 1.165) is 16.7 Å². The molecule has 1 aromatic carbocycles. The van der Waals surface area contributed by atoms with Gasteiger partial charge in [0.1, 0.15) is 18.2 Å². The largest absolute Gasteiger partial charge is 0.444 e. The number of benzene rings is 1. The smallest absolute Gasteiger partial charge is 0.408 e. The first-order chi connectivity index (χ1) is 12.8. The van der Waals surface area contributed by atoms with E-state index in [-0.39, 0.29) is 18.5 Å². The fraction of sp³-hybridized carbons (Fsp3) is 0.571. The lowest BCUT2D eigenvalue weighted by molar-refractivity contribution is -0.138. The van der Waals surface area contributed by atoms with Gasteiger partial charge in [0.25, 0.3) is 0 Å². The first-order valence-corrected chi connectivity index (χ1v) is 9.42. The Morgan fingerprint density at radius 1 is 1.14 bits per heavy atom. The fourth-order valence-corrected chi connectivity index (χ4v) is 2.75. The van der Waals surface area contributed by atoms with Crippen LogP contribution < -0.4 is 10.6 Å². The van der Waals surface area contributed by atoms with E-state index < -0.39 is 23.6 Å². The van der Waals surface area contributed by atoms with Gasteiger partial charge in [-0.05, 0) is 59.6 Å². The van der Waals surface area contributed by atoms with Crippen LogP contribution >= 0.6 is 0 Å². The van der Waals surface area contributed by atoms with Crippen molar-refractivity contribution in [3.8, 4) is 0 Å². The maximum absolute atomic E-state index is 12.8. The van der Waals surface area contributed by atoms with E-state index in [9.17, 15) is 14.4 Å². The number of ether oxygens (including phenoxy) is 1. The Morgan fingerprint density at radius 2 is 1.75 bits per heavy atom. The van der Waals surface area contributed by atoms with Crippen LogP contribution in [0.15, 0.2) is 18.2 Å². The predicted octanol–water partition coefficient (Wildman–Crippen LogP) is 2.85. The van der Waals surface area contributed by atoms with Gasteiger partial charge >= 0.3 is 6.09 Å². The molecule has 3 amide bonds. The predicted molar refractivity (Wildman–Crippen MR) is 109 cm³/mol. The van der Waals surface area contributed by atoms with Gasteiger partial charge in [0, 0.05) is 13.1 Å². The van der Waals surface area contributed by atoms with Gasteiger partial charge < -0.3 is 20.3 Å². The third-order valence-corrected chi connectivity index (χ3v) is 3.96. The van der Waals surface area contributed by atoms with Gasteiger partial charge in [-0.1, -0.05) is 23.8 Å². The highest BCUT2D eigenvalue weighted by Gasteiger charge is 2.30. The molecule has 28 heavy (non-hydrogen) atoms. The first kappa shape index (κ1) is 23.5. The van der Waals surface area contributed by atoms with Crippen LogP contribution in [0.1, 0.15) is 57.4 Å². The highest BCUT2D eigenvalue weighted by molar-refractivity contribution is 5.90. The van der Waals surface area contributed by atoms with Gasteiger partial charge in [-0.15, -0.1) is 0 Å². The molecule has 0 aromatic heterocycles. The quantitative estimate of drug-likeness (QED) is 0.781. The van der Waals surface area contributed by atoms with Crippen molar-refractivity contribution in [3.63, 3.8) is 0 Å². The van der Waals surface area contributed by atoms with Crippen molar-refractivity contribution in [1.29, 1.82) is 0 Å². The number of carbonyl (C=O) groups excluding carboxylic acids is 3. The molecule has 156 valence electrons.